The number of fused-ring (bicyclic) bond motifs is 1. The highest BCUT2D eigenvalue weighted by molar-refractivity contribution is 7.15. The van der Waals surface area contributed by atoms with Gasteiger partial charge in [0.05, 0.1) is 5.69 Å². The van der Waals surface area contributed by atoms with Gasteiger partial charge < -0.3 is 4.74 Å². The van der Waals surface area contributed by atoms with Gasteiger partial charge in [0.1, 0.15) is 12.4 Å². The van der Waals surface area contributed by atoms with Gasteiger partial charge in [0.25, 0.3) is 0 Å². The van der Waals surface area contributed by atoms with Crippen LogP contribution in [0.5, 0.6) is 5.75 Å². The smallest absolute Gasteiger partial charge is 0.193 e. The average molecular weight is 286 g/mol. The number of benzene rings is 1. The summed E-state index contributed by atoms with van der Waals surface area (Å²) in [6.07, 6.45) is 4.02. The summed E-state index contributed by atoms with van der Waals surface area (Å²) < 4.78 is 7.81. The van der Waals surface area contributed by atoms with Crippen LogP contribution in [0.3, 0.4) is 0 Å². The average Bonchev–Trinajstić information content (AvgIpc) is 2.96. The molecule has 0 N–H and O–H groups in total. The number of ether oxygens (including phenoxy) is 1. The zero-order chi connectivity index (χ0) is 14.2. The lowest BCUT2D eigenvalue weighted by molar-refractivity contribution is 0.302. The van der Waals surface area contributed by atoms with Crippen LogP contribution in [0.2, 0.25) is 0 Å². The van der Waals surface area contributed by atoms with Crippen molar-refractivity contribution in [2.24, 2.45) is 0 Å². The molecule has 3 aromatic rings. The SMILES string of the molecule is CC(C)(C)c1ccc(OCc2cn3ccsc3n2)cc1. The van der Waals surface area contributed by atoms with Gasteiger partial charge >= 0.3 is 0 Å². The first-order chi connectivity index (χ1) is 9.52. The van der Waals surface area contributed by atoms with E-state index in [-0.39, 0.29) is 5.41 Å². The molecule has 0 fully saturated rings. The first-order valence-electron chi connectivity index (χ1n) is 6.67. The van der Waals surface area contributed by atoms with Crippen LogP contribution in [0.15, 0.2) is 42.0 Å². The molecule has 2 aromatic heterocycles. The van der Waals surface area contributed by atoms with Crippen LogP contribution in [0.4, 0.5) is 0 Å². The van der Waals surface area contributed by atoms with E-state index >= 15 is 0 Å². The topological polar surface area (TPSA) is 26.5 Å². The summed E-state index contributed by atoms with van der Waals surface area (Å²) in [5, 5.41) is 2.03. The molecule has 0 bridgehead atoms. The minimum atomic E-state index is 0.173. The fourth-order valence-corrected chi connectivity index (χ4v) is 2.77. The Morgan fingerprint density at radius 1 is 1.20 bits per heavy atom. The lowest BCUT2D eigenvalue weighted by Crippen LogP contribution is -2.10. The second kappa shape index (κ2) is 4.94. The minimum Gasteiger partial charge on any atom is -0.487 e. The largest absolute Gasteiger partial charge is 0.487 e. The molecule has 0 spiro atoms. The van der Waals surface area contributed by atoms with Crippen molar-refractivity contribution in [2.45, 2.75) is 32.8 Å². The first kappa shape index (κ1) is 13.2. The highest BCUT2D eigenvalue weighted by atomic mass is 32.1. The normalized spacial score (nSPS) is 11.9. The summed E-state index contributed by atoms with van der Waals surface area (Å²) in [4.78, 5) is 5.51. The number of thiazole rings is 1. The van der Waals surface area contributed by atoms with Gasteiger partial charge in [-0.2, -0.15) is 0 Å². The molecule has 0 aliphatic carbocycles. The number of aromatic nitrogens is 2. The third-order valence-electron chi connectivity index (χ3n) is 3.25. The van der Waals surface area contributed by atoms with E-state index in [9.17, 15) is 0 Å². The second-order valence-electron chi connectivity index (χ2n) is 5.89. The molecule has 0 amide bonds. The minimum absolute atomic E-state index is 0.173. The fraction of sp³-hybridized carbons (Fsp3) is 0.312. The van der Waals surface area contributed by atoms with E-state index in [2.05, 4.69) is 37.9 Å². The van der Waals surface area contributed by atoms with Gasteiger partial charge in [-0.15, -0.1) is 11.3 Å². The predicted octanol–water partition coefficient (Wildman–Crippen LogP) is 4.27. The van der Waals surface area contributed by atoms with E-state index in [4.69, 9.17) is 4.74 Å². The van der Waals surface area contributed by atoms with Crippen molar-refractivity contribution >= 4 is 16.3 Å². The van der Waals surface area contributed by atoms with Gasteiger partial charge in [-0.1, -0.05) is 32.9 Å². The third kappa shape index (κ3) is 2.70. The van der Waals surface area contributed by atoms with Crippen LogP contribution in [-0.4, -0.2) is 9.38 Å². The highest BCUT2D eigenvalue weighted by Crippen LogP contribution is 2.24. The number of imidazole rings is 1. The summed E-state index contributed by atoms with van der Waals surface area (Å²) in [6.45, 7) is 7.13. The quantitative estimate of drug-likeness (QED) is 0.718. The summed E-state index contributed by atoms with van der Waals surface area (Å²) in [5.41, 5.74) is 2.44. The van der Waals surface area contributed by atoms with Crippen molar-refractivity contribution in [3.63, 3.8) is 0 Å². The molecule has 2 heterocycles. The zero-order valence-electron chi connectivity index (χ0n) is 12.0. The van der Waals surface area contributed by atoms with Gasteiger partial charge in [-0.25, -0.2) is 4.98 Å². The van der Waals surface area contributed by atoms with Crippen molar-refractivity contribution in [1.29, 1.82) is 0 Å². The molecular formula is C16H18N2OS. The van der Waals surface area contributed by atoms with Crippen LogP contribution in [0.25, 0.3) is 4.96 Å². The Balaban J connectivity index is 1.67. The van der Waals surface area contributed by atoms with Crippen molar-refractivity contribution in [3.05, 3.63) is 53.3 Å². The van der Waals surface area contributed by atoms with E-state index < -0.39 is 0 Å². The molecule has 4 heteroatoms. The maximum absolute atomic E-state index is 5.79. The summed E-state index contributed by atoms with van der Waals surface area (Å²) in [5.74, 6) is 0.884. The first-order valence-corrected chi connectivity index (χ1v) is 7.55. The van der Waals surface area contributed by atoms with Gasteiger partial charge in [-0.3, -0.25) is 4.40 Å². The molecule has 3 rings (SSSR count). The fourth-order valence-electron chi connectivity index (χ4n) is 2.05. The molecular weight excluding hydrogens is 268 g/mol. The van der Waals surface area contributed by atoms with Gasteiger partial charge in [0.15, 0.2) is 4.96 Å². The van der Waals surface area contributed by atoms with Crippen molar-refractivity contribution in [2.75, 3.05) is 0 Å². The Hall–Kier alpha value is -1.81. The molecule has 20 heavy (non-hydrogen) atoms. The molecule has 0 saturated carbocycles. The van der Waals surface area contributed by atoms with E-state index in [1.807, 2.05) is 34.3 Å². The highest BCUT2D eigenvalue weighted by Gasteiger charge is 2.13. The predicted molar refractivity (Wildman–Crippen MR) is 82.5 cm³/mol. The Kier molecular flexibility index (Phi) is 3.26. The summed E-state index contributed by atoms with van der Waals surface area (Å²) in [7, 11) is 0. The Morgan fingerprint density at radius 3 is 2.60 bits per heavy atom. The number of nitrogens with zero attached hydrogens (tertiary/aromatic N) is 2. The van der Waals surface area contributed by atoms with Crippen LogP contribution in [0, 0.1) is 0 Å². The van der Waals surface area contributed by atoms with Gasteiger partial charge in [0, 0.05) is 17.8 Å². The van der Waals surface area contributed by atoms with Crippen molar-refractivity contribution in [1.82, 2.24) is 9.38 Å². The van der Waals surface area contributed by atoms with Crippen molar-refractivity contribution in [3.8, 4) is 5.75 Å². The molecule has 0 saturated heterocycles. The lowest BCUT2D eigenvalue weighted by Gasteiger charge is -2.19. The second-order valence-corrected chi connectivity index (χ2v) is 6.76. The van der Waals surface area contributed by atoms with Crippen molar-refractivity contribution < 1.29 is 4.74 Å². The Bertz CT molecular complexity index is 675. The van der Waals surface area contributed by atoms with E-state index in [1.165, 1.54) is 5.56 Å². The maximum atomic E-state index is 5.79. The molecule has 0 aliphatic heterocycles. The molecule has 1 aromatic carbocycles. The number of hydrogen-bond donors (Lipinski definition) is 0. The number of hydrogen-bond acceptors (Lipinski definition) is 3. The zero-order valence-corrected chi connectivity index (χ0v) is 12.8. The molecule has 0 atom stereocenters. The van der Waals surface area contributed by atoms with Crippen LogP contribution in [-0.2, 0) is 12.0 Å². The summed E-state index contributed by atoms with van der Waals surface area (Å²) in [6, 6.07) is 8.31. The molecule has 104 valence electrons. The van der Waals surface area contributed by atoms with Crippen LogP contribution >= 0.6 is 11.3 Å². The Labute approximate surface area is 122 Å². The third-order valence-corrected chi connectivity index (χ3v) is 4.02. The number of rotatable bonds is 3. The van der Waals surface area contributed by atoms with Gasteiger partial charge in [-0.05, 0) is 23.1 Å². The maximum Gasteiger partial charge on any atom is 0.193 e. The van der Waals surface area contributed by atoms with Gasteiger partial charge in [0.2, 0.25) is 0 Å². The Morgan fingerprint density at radius 2 is 1.95 bits per heavy atom. The molecule has 0 aliphatic rings. The van der Waals surface area contributed by atoms with E-state index in [0.29, 0.717) is 6.61 Å². The molecule has 3 nitrogen and oxygen atoms in total. The standard InChI is InChI=1S/C16H18N2OS/c1-16(2,3)12-4-6-14(7-5-12)19-11-13-10-18-8-9-20-15(18)17-13/h4-10H,11H2,1-3H3. The summed E-state index contributed by atoms with van der Waals surface area (Å²) >= 11 is 1.63. The molecule has 0 radical (unpaired) electrons. The van der Waals surface area contributed by atoms with Crippen LogP contribution in [0.1, 0.15) is 32.0 Å². The van der Waals surface area contributed by atoms with E-state index in [1.54, 1.807) is 11.3 Å². The molecule has 0 unspecified atom stereocenters. The van der Waals surface area contributed by atoms with Crippen LogP contribution < -0.4 is 4.74 Å². The monoisotopic (exact) mass is 286 g/mol. The lowest BCUT2D eigenvalue weighted by atomic mass is 9.87. The van der Waals surface area contributed by atoms with E-state index in [0.717, 1.165) is 16.4 Å².